The Bertz CT molecular complexity index is 488. The fourth-order valence-corrected chi connectivity index (χ4v) is 2.45. The van der Waals surface area contributed by atoms with Gasteiger partial charge in [-0.2, -0.15) is 5.10 Å². The summed E-state index contributed by atoms with van der Waals surface area (Å²) < 4.78 is 1.88. The van der Waals surface area contributed by atoms with Crippen LogP contribution in [0.15, 0.2) is 35.2 Å². The van der Waals surface area contributed by atoms with Gasteiger partial charge in [-0.1, -0.05) is 19.1 Å². The Labute approximate surface area is 106 Å². The van der Waals surface area contributed by atoms with Crippen molar-refractivity contribution in [3.63, 3.8) is 0 Å². The molecule has 0 aliphatic carbocycles. The van der Waals surface area contributed by atoms with E-state index in [1.54, 1.807) is 0 Å². The first-order chi connectivity index (χ1) is 8.24. The number of nitrogens with zero attached hydrogens (tertiary/aromatic N) is 2. The Morgan fingerprint density at radius 3 is 2.53 bits per heavy atom. The molecule has 0 aliphatic rings. The highest BCUT2D eigenvalue weighted by Crippen LogP contribution is 2.24. The quantitative estimate of drug-likeness (QED) is 0.845. The van der Waals surface area contributed by atoms with Crippen LogP contribution in [0.1, 0.15) is 12.6 Å². The third-order valence-electron chi connectivity index (χ3n) is 2.60. The standard InChI is InChI=1S/C13H17N3S/c1-3-17-12-6-4-10(5-7-12)13-8-11(9-14)15-16(13)2/h4-8H,3,9,14H2,1-2H3. The molecule has 4 heteroatoms. The first kappa shape index (κ1) is 12.2. The van der Waals surface area contributed by atoms with Crippen molar-refractivity contribution in [2.24, 2.45) is 12.8 Å². The fourth-order valence-electron chi connectivity index (χ4n) is 1.79. The van der Waals surface area contributed by atoms with Gasteiger partial charge in [0.15, 0.2) is 0 Å². The molecular formula is C13H17N3S. The molecule has 0 unspecified atom stereocenters. The highest BCUT2D eigenvalue weighted by molar-refractivity contribution is 7.99. The van der Waals surface area contributed by atoms with E-state index < -0.39 is 0 Å². The number of hydrogen-bond donors (Lipinski definition) is 1. The maximum absolute atomic E-state index is 5.59. The Morgan fingerprint density at radius 2 is 2.00 bits per heavy atom. The molecule has 0 amide bonds. The van der Waals surface area contributed by atoms with E-state index in [0.717, 1.165) is 17.1 Å². The average molecular weight is 247 g/mol. The monoisotopic (exact) mass is 247 g/mol. The third-order valence-corrected chi connectivity index (χ3v) is 3.49. The summed E-state index contributed by atoms with van der Waals surface area (Å²) in [5.41, 5.74) is 8.81. The minimum atomic E-state index is 0.484. The number of benzene rings is 1. The minimum absolute atomic E-state index is 0.484. The molecule has 2 aromatic rings. The van der Waals surface area contributed by atoms with Gasteiger partial charge in [0.2, 0.25) is 0 Å². The third kappa shape index (κ3) is 2.70. The fraction of sp³-hybridized carbons (Fsp3) is 0.308. The van der Waals surface area contributed by atoms with Gasteiger partial charge in [-0.3, -0.25) is 4.68 Å². The molecule has 0 saturated heterocycles. The molecule has 0 fully saturated rings. The lowest BCUT2D eigenvalue weighted by atomic mass is 10.1. The van der Waals surface area contributed by atoms with E-state index in [2.05, 4.69) is 36.3 Å². The van der Waals surface area contributed by atoms with Crippen LogP contribution in [0.25, 0.3) is 11.3 Å². The molecule has 0 aliphatic heterocycles. The predicted octanol–water partition coefficient (Wildman–Crippen LogP) is 2.66. The van der Waals surface area contributed by atoms with E-state index in [0.29, 0.717) is 6.54 Å². The highest BCUT2D eigenvalue weighted by Gasteiger charge is 2.06. The van der Waals surface area contributed by atoms with Crippen molar-refractivity contribution in [2.45, 2.75) is 18.4 Å². The molecule has 17 heavy (non-hydrogen) atoms. The lowest BCUT2D eigenvalue weighted by molar-refractivity contribution is 0.749. The summed E-state index contributed by atoms with van der Waals surface area (Å²) in [7, 11) is 1.95. The van der Waals surface area contributed by atoms with Crippen LogP contribution in [-0.2, 0) is 13.6 Å². The second kappa shape index (κ2) is 5.38. The van der Waals surface area contributed by atoms with E-state index >= 15 is 0 Å². The molecule has 0 bridgehead atoms. The molecule has 2 rings (SSSR count). The van der Waals surface area contributed by atoms with Crippen molar-refractivity contribution in [1.29, 1.82) is 0 Å². The first-order valence-electron chi connectivity index (χ1n) is 5.70. The van der Waals surface area contributed by atoms with Crippen LogP contribution in [0.3, 0.4) is 0 Å². The van der Waals surface area contributed by atoms with Gasteiger partial charge in [0.05, 0.1) is 11.4 Å². The molecule has 2 N–H and O–H groups in total. The Balaban J connectivity index is 2.29. The largest absolute Gasteiger partial charge is 0.325 e. The molecule has 0 atom stereocenters. The maximum Gasteiger partial charge on any atom is 0.0766 e. The normalized spacial score (nSPS) is 10.8. The number of aryl methyl sites for hydroxylation is 1. The van der Waals surface area contributed by atoms with E-state index in [1.807, 2.05) is 29.6 Å². The van der Waals surface area contributed by atoms with Crippen LogP contribution in [0.2, 0.25) is 0 Å². The molecule has 90 valence electrons. The highest BCUT2D eigenvalue weighted by atomic mass is 32.2. The van der Waals surface area contributed by atoms with Crippen molar-refractivity contribution in [3.05, 3.63) is 36.0 Å². The molecule has 1 aromatic heterocycles. The summed E-state index contributed by atoms with van der Waals surface area (Å²) in [6.45, 7) is 2.64. The summed E-state index contributed by atoms with van der Waals surface area (Å²) in [6, 6.07) is 10.6. The van der Waals surface area contributed by atoms with Gasteiger partial charge in [0.25, 0.3) is 0 Å². The summed E-state index contributed by atoms with van der Waals surface area (Å²) in [5, 5.41) is 4.35. The number of thioether (sulfide) groups is 1. The lowest BCUT2D eigenvalue weighted by Gasteiger charge is -2.03. The molecule has 0 radical (unpaired) electrons. The van der Waals surface area contributed by atoms with E-state index in [4.69, 9.17) is 5.73 Å². The number of nitrogens with two attached hydrogens (primary N) is 1. The number of aromatic nitrogens is 2. The van der Waals surface area contributed by atoms with Gasteiger partial charge in [0.1, 0.15) is 0 Å². The second-order valence-electron chi connectivity index (χ2n) is 3.81. The van der Waals surface area contributed by atoms with Crippen LogP contribution in [0.5, 0.6) is 0 Å². The zero-order valence-corrected chi connectivity index (χ0v) is 11.0. The van der Waals surface area contributed by atoms with Crippen LogP contribution >= 0.6 is 11.8 Å². The van der Waals surface area contributed by atoms with Gasteiger partial charge in [-0.15, -0.1) is 11.8 Å². The van der Waals surface area contributed by atoms with Crippen LogP contribution in [-0.4, -0.2) is 15.5 Å². The van der Waals surface area contributed by atoms with Gasteiger partial charge in [-0.05, 0) is 29.5 Å². The van der Waals surface area contributed by atoms with E-state index in [9.17, 15) is 0 Å². The van der Waals surface area contributed by atoms with Crippen LogP contribution in [0, 0.1) is 0 Å². The summed E-state index contributed by atoms with van der Waals surface area (Å²) >= 11 is 1.85. The molecule has 1 aromatic carbocycles. The second-order valence-corrected chi connectivity index (χ2v) is 5.14. The predicted molar refractivity (Wildman–Crippen MR) is 72.9 cm³/mol. The Morgan fingerprint density at radius 1 is 1.29 bits per heavy atom. The summed E-state index contributed by atoms with van der Waals surface area (Å²) in [6.07, 6.45) is 0. The minimum Gasteiger partial charge on any atom is -0.325 e. The zero-order valence-electron chi connectivity index (χ0n) is 10.2. The van der Waals surface area contributed by atoms with Gasteiger partial charge in [-0.25, -0.2) is 0 Å². The Kier molecular flexibility index (Phi) is 3.86. The summed E-state index contributed by atoms with van der Waals surface area (Å²) in [5.74, 6) is 1.10. The molecule has 0 spiro atoms. The lowest BCUT2D eigenvalue weighted by Crippen LogP contribution is -1.98. The molecule has 1 heterocycles. The van der Waals surface area contributed by atoms with E-state index in [-0.39, 0.29) is 0 Å². The molecule has 0 saturated carbocycles. The van der Waals surface area contributed by atoms with Gasteiger partial charge < -0.3 is 5.73 Å². The van der Waals surface area contributed by atoms with Crippen molar-refractivity contribution < 1.29 is 0 Å². The van der Waals surface area contributed by atoms with Crippen LogP contribution in [0.4, 0.5) is 0 Å². The molecular weight excluding hydrogens is 230 g/mol. The van der Waals surface area contributed by atoms with Crippen molar-refractivity contribution >= 4 is 11.8 Å². The van der Waals surface area contributed by atoms with Gasteiger partial charge in [0, 0.05) is 18.5 Å². The van der Waals surface area contributed by atoms with E-state index in [1.165, 1.54) is 10.5 Å². The van der Waals surface area contributed by atoms with Crippen LogP contribution < -0.4 is 5.73 Å². The topological polar surface area (TPSA) is 43.8 Å². The van der Waals surface area contributed by atoms with Gasteiger partial charge >= 0.3 is 0 Å². The van der Waals surface area contributed by atoms with Crippen molar-refractivity contribution in [3.8, 4) is 11.3 Å². The number of hydrogen-bond acceptors (Lipinski definition) is 3. The zero-order chi connectivity index (χ0) is 12.3. The van der Waals surface area contributed by atoms with Crippen molar-refractivity contribution in [2.75, 3.05) is 5.75 Å². The molecule has 3 nitrogen and oxygen atoms in total. The van der Waals surface area contributed by atoms with Crippen molar-refractivity contribution in [1.82, 2.24) is 9.78 Å². The SMILES string of the molecule is CCSc1ccc(-c2cc(CN)nn2C)cc1. The smallest absolute Gasteiger partial charge is 0.0766 e. The number of rotatable bonds is 4. The Hall–Kier alpha value is -1.26. The average Bonchev–Trinajstić information content (AvgIpc) is 2.72. The maximum atomic E-state index is 5.59. The first-order valence-corrected chi connectivity index (χ1v) is 6.69. The summed E-state index contributed by atoms with van der Waals surface area (Å²) in [4.78, 5) is 1.30.